The second-order valence-corrected chi connectivity index (χ2v) is 8.39. The van der Waals surface area contributed by atoms with E-state index in [4.69, 9.17) is 19.9 Å². The Bertz CT molecular complexity index is 656. The number of amides is 2. The van der Waals surface area contributed by atoms with E-state index < -0.39 is 6.23 Å². The predicted octanol–water partition coefficient (Wildman–Crippen LogP) is 2.47. The number of nitrogens with two attached hydrogens (primary N) is 1. The summed E-state index contributed by atoms with van der Waals surface area (Å²) in [4.78, 5) is 28.4. The molecule has 8 heteroatoms. The van der Waals surface area contributed by atoms with Crippen LogP contribution < -0.4 is 5.73 Å². The zero-order valence-electron chi connectivity index (χ0n) is 17.0. The summed E-state index contributed by atoms with van der Waals surface area (Å²) >= 11 is 0. The molecule has 2 heterocycles. The zero-order chi connectivity index (χ0) is 20.3. The largest absolute Gasteiger partial charge is 0.463 e. The molecule has 0 aromatic carbocycles. The number of carbonyl (C=O) groups is 2. The van der Waals surface area contributed by atoms with Crippen LogP contribution in [-0.2, 0) is 19.0 Å². The number of ether oxygens (including phenoxy) is 3. The van der Waals surface area contributed by atoms with E-state index >= 15 is 0 Å². The Labute approximate surface area is 166 Å². The number of aliphatic imine (C=N–C) groups is 1. The first-order valence-corrected chi connectivity index (χ1v) is 10.2. The molecular formula is C20H32N3O5+. The number of hydrogen-bond acceptors (Lipinski definition) is 6. The molecule has 2 fully saturated rings. The molecule has 3 aliphatic rings. The van der Waals surface area contributed by atoms with Gasteiger partial charge < -0.3 is 19.9 Å². The van der Waals surface area contributed by atoms with E-state index in [1.165, 1.54) is 6.42 Å². The van der Waals surface area contributed by atoms with Crippen molar-refractivity contribution in [2.45, 2.75) is 76.9 Å². The van der Waals surface area contributed by atoms with Gasteiger partial charge in [-0.15, -0.1) is 4.99 Å². The fraction of sp³-hybridized carbons (Fsp3) is 0.750. The summed E-state index contributed by atoms with van der Waals surface area (Å²) in [6, 6.07) is -0.387. The summed E-state index contributed by atoms with van der Waals surface area (Å²) in [7, 11) is 1.75. The lowest BCUT2D eigenvalue weighted by Gasteiger charge is -2.36. The van der Waals surface area contributed by atoms with E-state index in [9.17, 15) is 9.59 Å². The highest BCUT2D eigenvalue weighted by Gasteiger charge is 2.53. The number of likely N-dealkylation sites (N-methyl/N-ethyl adjacent to an activating group) is 1. The highest BCUT2D eigenvalue weighted by Crippen LogP contribution is 2.35. The van der Waals surface area contributed by atoms with Crippen LogP contribution in [0.25, 0.3) is 0 Å². The lowest BCUT2D eigenvalue weighted by molar-refractivity contribution is -0.835. The number of hydrogen-bond donors (Lipinski definition) is 1. The van der Waals surface area contributed by atoms with Gasteiger partial charge in [0.05, 0.1) is 19.1 Å². The van der Waals surface area contributed by atoms with E-state index in [2.05, 4.69) is 4.99 Å². The van der Waals surface area contributed by atoms with Crippen molar-refractivity contribution in [1.82, 2.24) is 0 Å². The van der Waals surface area contributed by atoms with E-state index in [1.807, 2.05) is 0 Å². The SMILES string of the molecule is CC(C)C(=O)OC[C@@H]1CC(OC2CCCCC2)[C@H]([N+]2(C)C=CC(N)=NC2=O)O1. The minimum atomic E-state index is -0.551. The van der Waals surface area contributed by atoms with Gasteiger partial charge in [-0.05, 0) is 12.8 Å². The fourth-order valence-corrected chi connectivity index (χ4v) is 3.95. The maximum Gasteiger partial charge on any atom is 0.451 e. The fourth-order valence-electron chi connectivity index (χ4n) is 3.95. The quantitative estimate of drug-likeness (QED) is 0.549. The number of esters is 1. The number of nitrogens with zero attached hydrogens (tertiary/aromatic N) is 2. The molecule has 0 aromatic heterocycles. The van der Waals surface area contributed by atoms with Crippen LogP contribution in [0, 0.1) is 5.92 Å². The smallest absolute Gasteiger partial charge is 0.451 e. The van der Waals surface area contributed by atoms with Crippen molar-refractivity contribution in [2.75, 3.05) is 13.7 Å². The first kappa shape index (κ1) is 21.0. The number of rotatable bonds is 6. The summed E-state index contributed by atoms with van der Waals surface area (Å²) in [6.07, 6.45) is 8.51. The third-order valence-electron chi connectivity index (χ3n) is 5.67. The monoisotopic (exact) mass is 394 g/mol. The molecule has 8 nitrogen and oxygen atoms in total. The molecule has 28 heavy (non-hydrogen) atoms. The van der Waals surface area contributed by atoms with Crippen molar-refractivity contribution in [2.24, 2.45) is 16.6 Å². The van der Waals surface area contributed by atoms with Crippen LogP contribution in [0.15, 0.2) is 17.3 Å². The number of urea groups is 1. The van der Waals surface area contributed by atoms with Crippen LogP contribution in [0.2, 0.25) is 0 Å². The molecular weight excluding hydrogens is 362 g/mol. The number of amidine groups is 1. The molecule has 2 unspecified atom stereocenters. The average molecular weight is 394 g/mol. The topological polar surface area (TPSA) is 100 Å². The number of carbonyl (C=O) groups excluding carboxylic acids is 2. The Morgan fingerprint density at radius 2 is 2.07 bits per heavy atom. The van der Waals surface area contributed by atoms with Crippen LogP contribution >= 0.6 is 0 Å². The van der Waals surface area contributed by atoms with Crippen LogP contribution in [0.4, 0.5) is 4.79 Å². The highest BCUT2D eigenvalue weighted by atomic mass is 16.6. The standard InChI is InChI=1S/C20H31N3O5/c1-13(2)19(24)26-12-15-11-16(27-14-7-5-4-6-8-14)18(28-15)23(3)10-9-17(21)22-20(23)25/h9-10,13-16,18H,4-8,11-12H2,1-3H3,(H-,21,22,25)/p+1/t15-,16?,18+,23?/m0/s1. The molecule has 0 aromatic rings. The normalized spacial score (nSPS) is 33.9. The van der Waals surface area contributed by atoms with Crippen molar-refractivity contribution in [1.29, 1.82) is 0 Å². The third-order valence-corrected chi connectivity index (χ3v) is 5.67. The van der Waals surface area contributed by atoms with Crippen molar-refractivity contribution in [3.05, 3.63) is 12.3 Å². The van der Waals surface area contributed by atoms with E-state index in [1.54, 1.807) is 33.2 Å². The minimum Gasteiger partial charge on any atom is -0.463 e. The van der Waals surface area contributed by atoms with Gasteiger partial charge in [0, 0.05) is 12.5 Å². The van der Waals surface area contributed by atoms with Gasteiger partial charge in [0.2, 0.25) is 6.23 Å². The van der Waals surface area contributed by atoms with Crippen molar-refractivity contribution >= 4 is 17.8 Å². The van der Waals surface area contributed by atoms with Gasteiger partial charge in [0.25, 0.3) is 0 Å². The molecule has 3 rings (SSSR count). The Kier molecular flexibility index (Phi) is 6.52. The second kappa shape index (κ2) is 8.71. The van der Waals surface area contributed by atoms with Crippen LogP contribution in [-0.4, -0.2) is 60.5 Å². The summed E-state index contributed by atoms with van der Waals surface area (Å²) in [5.74, 6) is -0.269. The zero-order valence-corrected chi connectivity index (χ0v) is 17.0. The van der Waals surface area contributed by atoms with Gasteiger partial charge >= 0.3 is 12.0 Å². The first-order chi connectivity index (χ1) is 13.3. The molecule has 0 spiro atoms. The molecule has 0 bridgehead atoms. The van der Waals surface area contributed by atoms with Crippen LogP contribution in [0.1, 0.15) is 52.4 Å². The molecule has 1 saturated heterocycles. The van der Waals surface area contributed by atoms with Gasteiger partial charge in [0.1, 0.15) is 30.9 Å². The van der Waals surface area contributed by atoms with Gasteiger partial charge in [-0.1, -0.05) is 33.1 Å². The summed E-state index contributed by atoms with van der Waals surface area (Å²) < 4.78 is 17.8. The maximum atomic E-state index is 12.6. The molecule has 2 amide bonds. The molecule has 2 aliphatic heterocycles. The molecule has 4 atom stereocenters. The van der Waals surface area contributed by atoms with Crippen molar-refractivity contribution < 1.29 is 28.3 Å². The van der Waals surface area contributed by atoms with Crippen molar-refractivity contribution in [3.8, 4) is 0 Å². The highest BCUT2D eigenvalue weighted by molar-refractivity contribution is 5.99. The Balaban J connectivity index is 1.73. The molecule has 2 N–H and O–H groups in total. The predicted molar refractivity (Wildman–Crippen MR) is 103 cm³/mol. The summed E-state index contributed by atoms with van der Waals surface area (Å²) in [5.41, 5.74) is 5.67. The van der Waals surface area contributed by atoms with Gasteiger partial charge in [0.15, 0.2) is 0 Å². The Morgan fingerprint density at radius 3 is 2.71 bits per heavy atom. The lowest BCUT2D eigenvalue weighted by Crippen LogP contribution is -2.57. The third kappa shape index (κ3) is 4.61. The van der Waals surface area contributed by atoms with E-state index in [-0.39, 0.29) is 53.2 Å². The Hall–Kier alpha value is -1.77. The van der Waals surface area contributed by atoms with E-state index in [0.29, 0.717) is 6.42 Å². The van der Waals surface area contributed by atoms with Gasteiger partial charge in [-0.25, -0.2) is 4.79 Å². The molecule has 156 valence electrons. The van der Waals surface area contributed by atoms with Gasteiger partial charge in [-0.2, -0.15) is 4.48 Å². The van der Waals surface area contributed by atoms with Crippen molar-refractivity contribution in [3.63, 3.8) is 0 Å². The van der Waals surface area contributed by atoms with E-state index in [0.717, 1.165) is 25.7 Å². The van der Waals surface area contributed by atoms with Crippen LogP contribution in [0.3, 0.4) is 0 Å². The maximum absolute atomic E-state index is 12.6. The molecule has 0 radical (unpaired) electrons. The molecule has 1 aliphatic carbocycles. The Morgan fingerprint density at radius 1 is 1.36 bits per heavy atom. The minimum absolute atomic E-state index is 0.154. The lowest BCUT2D eigenvalue weighted by atomic mass is 9.97. The van der Waals surface area contributed by atoms with Crippen LogP contribution in [0.5, 0.6) is 0 Å². The van der Waals surface area contributed by atoms with Gasteiger partial charge in [-0.3, -0.25) is 4.79 Å². The second-order valence-electron chi connectivity index (χ2n) is 8.39. The average Bonchev–Trinajstić information content (AvgIpc) is 3.07. The number of quaternary nitrogens is 1. The summed E-state index contributed by atoms with van der Waals surface area (Å²) in [5, 5.41) is 0. The summed E-state index contributed by atoms with van der Waals surface area (Å²) in [6.45, 7) is 3.74. The first-order valence-electron chi connectivity index (χ1n) is 10.2. The molecule has 1 saturated carbocycles.